The van der Waals surface area contributed by atoms with Gasteiger partial charge in [0.1, 0.15) is 5.75 Å². The van der Waals surface area contributed by atoms with Crippen molar-refractivity contribution in [1.82, 2.24) is 20.4 Å². The van der Waals surface area contributed by atoms with Gasteiger partial charge in [0.2, 0.25) is 0 Å². The molecule has 2 aromatic rings. The number of ether oxygens (including phenoxy) is 1. The minimum Gasteiger partial charge on any atom is -0.493 e. The molecule has 0 aromatic heterocycles. The van der Waals surface area contributed by atoms with Crippen molar-refractivity contribution in [1.29, 1.82) is 0 Å². The number of nitrogens with one attached hydrogen (secondary N) is 2. The Hall–Kier alpha value is -2.94. The highest BCUT2D eigenvalue weighted by atomic mass is 16.5. The van der Waals surface area contributed by atoms with Crippen LogP contribution in [0.4, 0.5) is 0 Å². The molecule has 2 aromatic carbocycles. The molecule has 8 nitrogen and oxygen atoms in total. The lowest BCUT2D eigenvalue weighted by Gasteiger charge is -2.31. The first kappa shape index (κ1) is 25.7. The minimum atomic E-state index is -0.728. The van der Waals surface area contributed by atoms with Crippen molar-refractivity contribution in [3.8, 4) is 5.75 Å². The molecule has 1 saturated heterocycles. The average Bonchev–Trinajstić information content (AvgIpc) is 3.21. The van der Waals surface area contributed by atoms with Gasteiger partial charge >= 0.3 is 0 Å². The largest absolute Gasteiger partial charge is 0.493 e. The zero-order valence-electron chi connectivity index (χ0n) is 21.8. The summed E-state index contributed by atoms with van der Waals surface area (Å²) in [6.07, 6.45) is 2.18. The maximum Gasteiger partial charge on any atom is 0.255 e. The first-order chi connectivity index (χ1) is 17.9. The highest BCUT2D eigenvalue weighted by Gasteiger charge is 2.33. The summed E-state index contributed by atoms with van der Waals surface area (Å²) in [7, 11) is 2.14. The molecule has 0 aliphatic carbocycles. The van der Waals surface area contributed by atoms with Crippen LogP contribution in [0.2, 0.25) is 0 Å². The van der Waals surface area contributed by atoms with Crippen LogP contribution >= 0.6 is 0 Å². The Balaban J connectivity index is 1.24. The molecular weight excluding hydrogens is 468 g/mol. The number of hydrogen-bond acceptors (Lipinski definition) is 6. The standard InChI is InChI=1S/C29H38N4O4/c1-3-37-27-14-23-22(18-33(29(23)36)17-19-8-10-32(2)11-9-19)12-24(27)28(35)31-16-26(34)25-13-20-6-4-5-7-21(20)15-30-25/h4-7,12,14,19,25-26,30,34H,3,8-11,13,15-18H2,1-2H3,(H,31,35)/t25-,26+/m0/s1. The van der Waals surface area contributed by atoms with E-state index in [4.69, 9.17) is 4.74 Å². The van der Waals surface area contributed by atoms with Gasteiger partial charge in [0.25, 0.3) is 11.8 Å². The number of likely N-dealkylation sites (tertiary alicyclic amines) is 1. The SMILES string of the molecule is CCOc1cc2c(cc1C(=O)NC[C@@H](O)[C@@H]1Cc3ccccc3CN1)CN(CC1CCN(C)CC1)C2=O. The van der Waals surface area contributed by atoms with E-state index in [1.165, 1.54) is 11.1 Å². The van der Waals surface area contributed by atoms with Crippen molar-refractivity contribution in [3.63, 3.8) is 0 Å². The lowest BCUT2D eigenvalue weighted by atomic mass is 9.93. The first-order valence-electron chi connectivity index (χ1n) is 13.5. The van der Waals surface area contributed by atoms with Gasteiger partial charge in [0, 0.05) is 37.8 Å². The molecule has 0 spiro atoms. The summed E-state index contributed by atoms with van der Waals surface area (Å²) < 4.78 is 5.78. The summed E-state index contributed by atoms with van der Waals surface area (Å²) in [4.78, 5) is 30.6. The number of nitrogens with zero attached hydrogens (tertiary/aromatic N) is 2. The predicted octanol–water partition coefficient (Wildman–Crippen LogP) is 2.19. The van der Waals surface area contributed by atoms with E-state index < -0.39 is 6.10 Å². The van der Waals surface area contributed by atoms with E-state index in [1.807, 2.05) is 24.0 Å². The van der Waals surface area contributed by atoms with Crippen LogP contribution in [0.25, 0.3) is 0 Å². The number of rotatable bonds is 8. The van der Waals surface area contributed by atoms with Crippen LogP contribution in [0, 0.1) is 5.92 Å². The van der Waals surface area contributed by atoms with E-state index in [0.717, 1.165) is 38.0 Å². The second kappa shape index (κ2) is 11.2. The number of carbonyl (C=O) groups excluding carboxylic acids is 2. The fourth-order valence-electron chi connectivity index (χ4n) is 5.74. The number of carbonyl (C=O) groups is 2. The van der Waals surface area contributed by atoms with Crippen molar-refractivity contribution in [2.24, 2.45) is 5.92 Å². The molecule has 198 valence electrons. The Morgan fingerprint density at radius 3 is 2.70 bits per heavy atom. The average molecular weight is 507 g/mol. The van der Waals surface area contributed by atoms with E-state index in [2.05, 4.69) is 34.7 Å². The van der Waals surface area contributed by atoms with Crippen LogP contribution < -0.4 is 15.4 Å². The Kier molecular flexibility index (Phi) is 7.79. The van der Waals surface area contributed by atoms with Crippen LogP contribution in [0.5, 0.6) is 5.75 Å². The van der Waals surface area contributed by atoms with Crippen LogP contribution in [0.1, 0.15) is 57.2 Å². The van der Waals surface area contributed by atoms with Gasteiger partial charge in [-0.2, -0.15) is 0 Å². The molecular formula is C29H38N4O4. The van der Waals surface area contributed by atoms with Gasteiger partial charge in [-0.05, 0) is 81.1 Å². The fourth-order valence-corrected chi connectivity index (χ4v) is 5.74. The molecule has 8 heteroatoms. The Morgan fingerprint density at radius 1 is 1.19 bits per heavy atom. The zero-order valence-corrected chi connectivity index (χ0v) is 21.8. The van der Waals surface area contributed by atoms with Crippen molar-refractivity contribution < 1.29 is 19.4 Å². The molecule has 5 rings (SSSR count). The molecule has 37 heavy (non-hydrogen) atoms. The van der Waals surface area contributed by atoms with Crippen LogP contribution in [-0.4, -0.2) is 78.7 Å². The van der Waals surface area contributed by atoms with Crippen molar-refractivity contribution >= 4 is 11.8 Å². The lowest BCUT2D eigenvalue weighted by Crippen LogP contribution is -2.49. The van der Waals surface area contributed by atoms with Gasteiger partial charge in [-0.1, -0.05) is 24.3 Å². The quantitative estimate of drug-likeness (QED) is 0.508. The molecule has 0 radical (unpaired) electrons. The summed E-state index contributed by atoms with van der Waals surface area (Å²) in [6.45, 7) is 6.47. The third kappa shape index (κ3) is 5.66. The molecule has 3 aliphatic rings. The zero-order chi connectivity index (χ0) is 25.9. The molecule has 0 bridgehead atoms. The van der Waals surface area contributed by atoms with Gasteiger partial charge in [-0.25, -0.2) is 0 Å². The molecule has 3 N–H and O–H groups in total. The summed E-state index contributed by atoms with van der Waals surface area (Å²) in [6, 6.07) is 11.6. The topological polar surface area (TPSA) is 94.1 Å². The fraction of sp³-hybridized carbons (Fsp3) is 0.517. The normalized spacial score (nSPS) is 20.9. The molecule has 3 heterocycles. The van der Waals surface area contributed by atoms with Crippen molar-refractivity contribution in [3.05, 3.63) is 64.2 Å². The summed E-state index contributed by atoms with van der Waals surface area (Å²) in [5, 5.41) is 17.1. The second-order valence-corrected chi connectivity index (χ2v) is 10.6. The van der Waals surface area contributed by atoms with Gasteiger partial charge in [0.05, 0.1) is 18.3 Å². The smallest absolute Gasteiger partial charge is 0.255 e. The number of benzene rings is 2. The number of hydrogen-bond donors (Lipinski definition) is 3. The summed E-state index contributed by atoms with van der Waals surface area (Å²) in [5.74, 6) is 0.626. The maximum atomic E-state index is 13.2. The third-order valence-electron chi connectivity index (χ3n) is 7.99. The molecule has 1 fully saturated rings. The lowest BCUT2D eigenvalue weighted by molar-refractivity contribution is 0.0722. The van der Waals surface area contributed by atoms with Gasteiger partial charge in [-0.15, -0.1) is 0 Å². The molecule has 0 saturated carbocycles. The molecule has 2 atom stereocenters. The monoisotopic (exact) mass is 506 g/mol. The minimum absolute atomic E-state index is 0.0147. The molecule has 3 aliphatic heterocycles. The summed E-state index contributed by atoms with van der Waals surface area (Å²) >= 11 is 0. The van der Waals surface area contributed by atoms with Crippen molar-refractivity contribution in [2.75, 3.05) is 39.8 Å². The highest BCUT2D eigenvalue weighted by molar-refractivity contribution is 6.03. The van der Waals surface area contributed by atoms with E-state index >= 15 is 0 Å². The Labute approximate surface area is 219 Å². The van der Waals surface area contributed by atoms with Crippen molar-refractivity contribution in [2.45, 2.75) is 51.4 Å². The number of amides is 2. The Morgan fingerprint density at radius 2 is 1.95 bits per heavy atom. The maximum absolute atomic E-state index is 13.2. The first-order valence-corrected chi connectivity index (χ1v) is 13.5. The van der Waals surface area contributed by atoms with Crippen LogP contribution in [0.3, 0.4) is 0 Å². The molecule has 0 unspecified atom stereocenters. The second-order valence-electron chi connectivity index (χ2n) is 10.6. The summed E-state index contributed by atoms with van der Waals surface area (Å²) in [5.41, 5.74) is 4.36. The third-order valence-corrected chi connectivity index (χ3v) is 7.99. The number of aliphatic hydroxyl groups excluding tert-OH is 1. The van der Waals surface area contributed by atoms with E-state index in [-0.39, 0.29) is 24.4 Å². The molecule has 2 amide bonds. The van der Waals surface area contributed by atoms with E-state index in [0.29, 0.717) is 48.9 Å². The van der Waals surface area contributed by atoms with Gasteiger partial charge in [-0.3, -0.25) is 9.59 Å². The number of fused-ring (bicyclic) bond motifs is 2. The Bertz CT molecular complexity index is 1140. The van der Waals surface area contributed by atoms with Crippen LogP contribution in [-0.2, 0) is 19.5 Å². The van der Waals surface area contributed by atoms with E-state index in [1.54, 1.807) is 12.1 Å². The van der Waals surface area contributed by atoms with Crippen LogP contribution in [0.15, 0.2) is 36.4 Å². The van der Waals surface area contributed by atoms with Gasteiger partial charge < -0.3 is 30.3 Å². The number of piperidine rings is 1. The van der Waals surface area contributed by atoms with E-state index in [9.17, 15) is 14.7 Å². The predicted molar refractivity (Wildman–Crippen MR) is 142 cm³/mol. The number of aliphatic hydroxyl groups is 1. The van der Waals surface area contributed by atoms with Gasteiger partial charge in [0.15, 0.2) is 0 Å². The highest BCUT2D eigenvalue weighted by Crippen LogP contribution is 2.32.